The molecule has 0 radical (unpaired) electrons. The Morgan fingerprint density at radius 3 is 2.29 bits per heavy atom. The highest BCUT2D eigenvalue weighted by Gasteiger charge is 2.35. The SMILES string of the molecule is CCOC(=O)C1=C(C)N=c2s/c(=C\c3ccc(OCc4ccc(C(=O)OCC)cc4)c(OCC)c3)c(=O)n2[C@H]1c1ccccc1OC(C)C. The van der Waals surface area contributed by atoms with Crippen LogP contribution in [0.1, 0.15) is 74.6 Å². The van der Waals surface area contributed by atoms with E-state index in [4.69, 9.17) is 23.7 Å². The molecule has 5 rings (SSSR count). The van der Waals surface area contributed by atoms with Crippen LogP contribution in [0.15, 0.2) is 87.8 Å². The lowest BCUT2D eigenvalue weighted by Crippen LogP contribution is -2.40. The Morgan fingerprint density at radius 2 is 1.59 bits per heavy atom. The summed E-state index contributed by atoms with van der Waals surface area (Å²) < 4.78 is 30.6. The molecule has 1 atom stereocenters. The Morgan fingerprint density at radius 1 is 0.878 bits per heavy atom. The Balaban J connectivity index is 1.51. The van der Waals surface area contributed by atoms with E-state index in [-0.39, 0.29) is 36.4 Å². The molecular weight excluding hydrogens is 644 g/mol. The minimum Gasteiger partial charge on any atom is -0.491 e. The number of aromatic nitrogens is 1. The van der Waals surface area contributed by atoms with E-state index in [1.807, 2.05) is 69.3 Å². The van der Waals surface area contributed by atoms with Gasteiger partial charge >= 0.3 is 11.9 Å². The van der Waals surface area contributed by atoms with Crippen LogP contribution in [0.5, 0.6) is 17.2 Å². The highest BCUT2D eigenvalue weighted by atomic mass is 32.1. The lowest BCUT2D eigenvalue weighted by molar-refractivity contribution is -0.139. The number of nitrogens with zero attached hydrogens (tertiary/aromatic N) is 2. The number of hydrogen-bond acceptors (Lipinski definition) is 10. The highest BCUT2D eigenvalue weighted by Crippen LogP contribution is 2.36. The van der Waals surface area contributed by atoms with Crippen molar-refractivity contribution in [1.82, 2.24) is 4.57 Å². The molecule has 0 unspecified atom stereocenters. The first kappa shape index (κ1) is 35.2. The van der Waals surface area contributed by atoms with Gasteiger partial charge in [-0.3, -0.25) is 9.36 Å². The molecule has 3 aromatic carbocycles. The molecular formula is C38H40N2O8S. The largest absolute Gasteiger partial charge is 0.491 e. The van der Waals surface area contributed by atoms with Crippen molar-refractivity contribution in [3.8, 4) is 17.2 Å². The molecule has 0 saturated heterocycles. The van der Waals surface area contributed by atoms with Gasteiger partial charge in [-0.05, 0) is 89.1 Å². The summed E-state index contributed by atoms with van der Waals surface area (Å²) in [4.78, 5) is 44.7. The van der Waals surface area contributed by atoms with Crippen molar-refractivity contribution in [2.24, 2.45) is 4.99 Å². The number of esters is 2. The number of carbonyl (C=O) groups is 2. The number of carbonyl (C=O) groups excluding carboxylic acids is 2. The number of thiazole rings is 1. The van der Waals surface area contributed by atoms with E-state index in [9.17, 15) is 14.4 Å². The first-order valence-electron chi connectivity index (χ1n) is 16.3. The Kier molecular flexibility index (Phi) is 11.4. The van der Waals surface area contributed by atoms with Crippen LogP contribution in [0, 0.1) is 0 Å². The topological polar surface area (TPSA) is 115 Å². The van der Waals surface area contributed by atoms with Gasteiger partial charge in [0.25, 0.3) is 5.56 Å². The molecule has 49 heavy (non-hydrogen) atoms. The van der Waals surface area contributed by atoms with Crippen molar-refractivity contribution in [1.29, 1.82) is 0 Å². The average molecular weight is 685 g/mol. The maximum absolute atomic E-state index is 14.2. The Hall–Kier alpha value is -5.16. The van der Waals surface area contributed by atoms with Gasteiger partial charge in [0.15, 0.2) is 16.3 Å². The van der Waals surface area contributed by atoms with E-state index in [0.717, 1.165) is 11.1 Å². The smallest absolute Gasteiger partial charge is 0.338 e. The normalized spacial score (nSPS) is 14.3. The summed E-state index contributed by atoms with van der Waals surface area (Å²) in [7, 11) is 0. The average Bonchev–Trinajstić information content (AvgIpc) is 3.38. The molecule has 1 aliphatic heterocycles. The van der Waals surface area contributed by atoms with E-state index >= 15 is 0 Å². The fourth-order valence-corrected chi connectivity index (χ4v) is 6.47. The van der Waals surface area contributed by atoms with Gasteiger partial charge in [0.2, 0.25) is 0 Å². The van der Waals surface area contributed by atoms with E-state index in [2.05, 4.69) is 4.99 Å². The second-order valence-corrected chi connectivity index (χ2v) is 12.4. The molecule has 0 fully saturated rings. The van der Waals surface area contributed by atoms with Crippen molar-refractivity contribution in [2.45, 2.75) is 60.3 Å². The third-order valence-corrected chi connectivity index (χ3v) is 8.50. The van der Waals surface area contributed by atoms with E-state index in [1.165, 1.54) is 11.3 Å². The molecule has 0 spiro atoms. The summed E-state index contributed by atoms with van der Waals surface area (Å²) in [6, 6.07) is 19.1. The number of allylic oxidation sites excluding steroid dienone is 1. The van der Waals surface area contributed by atoms with Crippen molar-refractivity contribution >= 4 is 29.4 Å². The van der Waals surface area contributed by atoms with E-state index in [1.54, 1.807) is 49.6 Å². The predicted octanol–water partition coefficient (Wildman–Crippen LogP) is 5.74. The fourth-order valence-electron chi connectivity index (χ4n) is 5.42. The van der Waals surface area contributed by atoms with Crippen LogP contribution in [0.3, 0.4) is 0 Å². The van der Waals surface area contributed by atoms with Crippen LogP contribution < -0.4 is 29.1 Å². The molecule has 1 aliphatic rings. The zero-order valence-corrected chi connectivity index (χ0v) is 29.3. The molecule has 4 aromatic rings. The van der Waals surface area contributed by atoms with Crippen LogP contribution in [0.2, 0.25) is 0 Å². The molecule has 10 nitrogen and oxygen atoms in total. The van der Waals surface area contributed by atoms with Crippen molar-refractivity contribution in [3.63, 3.8) is 0 Å². The van der Waals surface area contributed by atoms with Crippen molar-refractivity contribution < 1.29 is 33.3 Å². The summed E-state index contributed by atoms with van der Waals surface area (Å²) in [5, 5.41) is 0. The van der Waals surface area contributed by atoms with Crippen LogP contribution >= 0.6 is 11.3 Å². The minimum absolute atomic E-state index is 0.128. The number of hydrogen-bond donors (Lipinski definition) is 0. The van der Waals surface area contributed by atoms with Gasteiger partial charge in [-0.15, -0.1) is 0 Å². The molecule has 0 N–H and O–H groups in total. The quantitative estimate of drug-likeness (QED) is 0.164. The first-order valence-corrected chi connectivity index (χ1v) is 17.1. The first-order chi connectivity index (χ1) is 23.6. The minimum atomic E-state index is -0.798. The second kappa shape index (κ2) is 15.8. The van der Waals surface area contributed by atoms with Gasteiger partial charge in [-0.2, -0.15) is 0 Å². The molecule has 0 bridgehead atoms. The number of benzene rings is 3. The Labute approximate surface area is 288 Å². The van der Waals surface area contributed by atoms with Crippen LogP contribution in [-0.4, -0.2) is 42.4 Å². The monoisotopic (exact) mass is 684 g/mol. The zero-order valence-electron chi connectivity index (χ0n) is 28.5. The standard InChI is InChI=1S/C38H40N2O8S/c1-7-44-31-20-26(16-19-30(31)47-22-25-14-17-27(18-15-25)36(42)45-8-2)21-32-35(41)40-34(28-12-10-11-13-29(28)48-23(4)5)33(37(43)46-9-3)24(6)39-38(40)49-32/h10-21,23,34H,7-9,22H2,1-6H3/b32-21-/t34-/m0/s1. The summed E-state index contributed by atoms with van der Waals surface area (Å²) in [6.45, 7) is 12.1. The molecule has 11 heteroatoms. The van der Waals surface area contributed by atoms with Crippen LogP contribution in [0.4, 0.5) is 0 Å². The van der Waals surface area contributed by atoms with Gasteiger partial charge in [-0.25, -0.2) is 14.6 Å². The van der Waals surface area contributed by atoms with Gasteiger partial charge in [-0.1, -0.05) is 47.7 Å². The van der Waals surface area contributed by atoms with Crippen LogP contribution in [-0.2, 0) is 20.9 Å². The molecule has 2 heterocycles. The van der Waals surface area contributed by atoms with E-state index in [0.29, 0.717) is 56.6 Å². The van der Waals surface area contributed by atoms with E-state index < -0.39 is 12.0 Å². The Bertz CT molecular complexity index is 2040. The summed E-state index contributed by atoms with van der Waals surface area (Å²) in [5.41, 5.74) is 3.20. The lowest BCUT2D eigenvalue weighted by Gasteiger charge is -2.26. The maximum atomic E-state index is 14.2. The molecule has 0 saturated carbocycles. The maximum Gasteiger partial charge on any atom is 0.338 e. The number of ether oxygens (including phenoxy) is 5. The molecule has 256 valence electrons. The predicted molar refractivity (Wildman–Crippen MR) is 187 cm³/mol. The molecule has 0 amide bonds. The van der Waals surface area contributed by atoms with Gasteiger partial charge in [0, 0.05) is 5.56 Å². The van der Waals surface area contributed by atoms with Crippen molar-refractivity contribution in [2.75, 3.05) is 19.8 Å². The molecule has 0 aliphatic carbocycles. The lowest BCUT2D eigenvalue weighted by atomic mass is 9.95. The summed E-state index contributed by atoms with van der Waals surface area (Å²) >= 11 is 1.24. The summed E-state index contributed by atoms with van der Waals surface area (Å²) in [5.74, 6) is 0.720. The highest BCUT2D eigenvalue weighted by molar-refractivity contribution is 7.07. The zero-order chi connectivity index (χ0) is 35.1. The third kappa shape index (κ3) is 7.94. The van der Waals surface area contributed by atoms with Crippen molar-refractivity contribution in [3.05, 3.63) is 120 Å². The third-order valence-electron chi connectivity index (χ3n) is 7.52. The number of fused-ring (bicyclic) bond motifs is 1. The van der Waals surface area contributed by atoms with Gasteiger partial charge in [0.1, 0.15) is 18.4 Å². The van der Waals surface area contributed by atoms with Crippen LogP contribution in [0.25, 0.3) is 6.08 Å². The fraction of sp³-hybridized carbons (Fsp3) is 0.316. The van der Waals surface area contributed by atoms with Gasteiger partial charge < -0.3 is 23.7 Å². The summed E-state index contributed by atoms with van der Waals surface area (Å²) in [6.07, 6.45) is 1.65. The molecule has 1 aromatic heterocycles. The number of rotatable bonds is 13. The second-order valence-electron chi connectivity index (χ2n) is 11.4. The van der Waals surface area contributed by atoms with Gasteiger partial charge in [0.05, 0.1) is 47.3 Å². The number of para-hydroxylation sites is 1.